The highest BCUT2D eigenvalue weighted by atomic mass is 19.4. The summed E-state index contributed by atoms with van der Waals surface area (Å²) >= 11 is 0. The number of nitrogens with one attached hydrogen (secondary N) is 1. The zero-order chi connectivity index (χ0) is 35.2. The number of ether oxygens (including phenoxy) is 1. The van der Waals surface area contributed by atoms with Gasteiger partial charge < -0.3 is 9.84 Å². The van der Waals surface area contributed by atoms with Crippen molar-refractivity contribution in [1.29, 1.82) is 0 Å². The third kappa shape index (κ3) is 6.02. The van der Waals surface area contributed by atoms with E-state index < -0.39 is 57.9 Å². The molecule has 0 bridgehead atoms. The molecule has 0 saturated carbocycles. The quantitative estimate of drug-likeness (QED) is 0.0924. The van der Waals surface area contributed by atoms with Crippen LogP contribution in [0.4, 0.5) is 24.5 Å². The summed E-state index contributed by atoms with van der Waals surface area (Å²) in [5.74, 6) is -5.96. The Labute approximate surface area is 276 Å². The molecule has 4 atom stereocenters. The summed E-state index contributed by atoms with van der Waals surface area (Å²) in [5, 5.41) is 25.0. The second-order valence-corrected chi connectivity index (χ2v) is 11.8. The molecule has 2 N–H and O–H groups in total. The molecule has 49 heavy (non-hydrogen) atoms. The molecule has 2 fully saturated rings. The Hall–Kier alpha value is -5.89. The van der Waals surface area contributed by atoms with Crippen LogP contribution in [0.2, 0.25) is 0 Å². The monoisotopic (exact) mass is 673 g/mol. The van der Waals surface area contributed by atoms with Crippen LogP contribution in [0, 0.1) is 22.0 Å². The van der Waals surface area contributed by atoms with Crippen molar-refractivity contribution in [2.24, 2.45) is 11.8 Å². The minimum Gasteiger partial charge on any atom is -0.480 e. The molecule has 2 saturated heterocycles. The van der Waals surface area contributed by atoms with Gasteiger partial charge in [0.2, 0.25) is 11.8 Å². The Morgan fingerprint density at radius 2 is 1.57 bits per heavy atom. The lowest BCUT2D eigenvalue weighted by Crippen LogP contribution is -2.57. The van der Waals surface area contributed by atoms with Gasteiger partial charge in [0.1, 0.15) is 17.0 Å². The van der Waals surface area contributed by atoms with Gasteiger partial charge in [-0.2, -0.15) is 13.2 Å². The number of nitro groups is 1. The fourth-order valence-corrected chi connectivity index (χ4v) is 6.53. The maximum absolute atomic E-state index is 14.2. The van der Waals surface area contributed by atoms with E-state index in [1.54, 1.807) is 6.07 Å². The molecule has 2 amide bonds. The highest BCUT2D eigenvalue weighted by Gasteiger charge is 2.68. The van der Waals surface area contributed by atoms with Gasteiger partial charge in [0.05, 0.1) is 28.0 Å². The average Bonchev–Trinajstić information content (AvgIpc) is 3.54. The van der Waals surface area contributed by atoms with Crippen LogP contribution >= 0.6 is 0 Å². The lowest BCUT2D eigenvalue weighted by atomic mass is 9.76. The first kappa shape index (κ1) is 33.0. The van der Waals surface area contributed by atoms with E-state index in [0.717, 1.165) is 17.0 Å². The van der Waals surface area contributed by atoms with E-state index in [-0.39, 0.29) is 35.1 Å². The van der Waals surface area contributed by atoms with E-state index >= 15 is 0 Å². The number of hydrogen-bond donors (Lipinski definition) is 2. The number of carboxylic acids is 1. The molecule has 0 radical (unpaired) electrons. The molecule has 250 valence electrons. The Balaban J connectivity index is 1.42. The van der Waals surface area contributed by atoms with Gasteiger partial charge in [-0.25, -0.2) is 4.90 Å². The highest BCUT2D eigenvalue weighted by molar-refractivity contribution is 6.24. The molecule has 6 rings (SSSR count). The van der Waals surface area contributed by atoms with Crippen molar-refractivity contribution in [3.63, 3.8) is 0 Å². The van der Waals surface area contributed by atoms with Crippen molar-refractivity contribution in [3.05, 3.63) is 129 Å². The van der Waals surface area contributed by atoms with Gasteiger partial charge in [-0.05, 0) is 72.6 Å². The van der Waals surface area contributed by atoms with E-state index in [9.17, 15) is 47.6 Å². The summed E-state index contributed by atoms with van der Waals surface area (Å²) in [6, 6.07) is 20.0. The van der Waals surface area contributed by atoms with Gasteiger partial charge in [0, 0.05) is 30.2 Å². The minimum atomic E-state index is -4.61. The molecule has 2 heterocycles. The van der Waals surface area contributed by atoms with E-state index in [2.05, 4.69) is 5.32 Å². The fraction of sp³-hybridized carbons (Fsp3) is 0.200. The molecule has 0 spiro atoms. The number of benzene rings is 4. The van der Waals surface area contributed by atoms with Gasteiger partial charge in [-0.15, -0.1) is 0 Å². The van der Waals surface area contributed by atoms with Crippen LogP contribution in [-0.4, -0.2) is 39.1 Å². The number of alkyl halides is 3. The number of aliphatic carboxylic acids is 1. The number of non-ortho nitro benzene ring substituents is 1. The average molecular weight is 674 g/mol. The van der Waals surface area contributed by atoms with E-state index in [4.69, 9.17) is 4.74 Å². The summed E-state index contributed by atoms with van der Waals surface area (Å²) in [4.78, 5) is 65.0. The molecule has 11 nitrogen and oxygen atoms in total. The molecule has 2 aliphatic rings. The zero-order valence-corrected chi connectivity index (χ0v) is 25.5. The SMILES string of the molecule is CC(=O)c1ccc(N2C(=O)C3C(c4cccc(Oc5cccc(C(F)(F)F)c5)c4)NC(Cc4ccc([N+](=O)[O-])cc4)(C(=O)O)C3C2=O)cc1. The van der Waals surface area contributed by atoms with Gasteiger partial charge in [0.15, 0.2) is 5.78 Å². The summed E-state index contributed by atoms with van der Waals surface area (Å²) in [6.07, 6.45) is -4.95. The van der Waals surface area contributed by atoms with Crippen molar-refractivity contribution in [2.45, 2.75) is 31.1 Å². The molecular weight excluding hydrogens is 647 g/mol. The van der Waals surface area contributed by atoms with Crippen LogP contribution in [0.5, 0.6) is 11.5 Å². The lowest BCUT2D eigenvalue weighted by Gasteiger charge is -2.31. The molecule has 4 aromatic carbocycles. The van der Waals surface area contributed by atoms with Crippen LogP contribution in [0.3, 0.4) is 0 Å². The van der Waals surface area contributed by atoms with E-state index in [0.29, 0.717) is 16.7 Å². The number of carbonyl (C=O) groups excluding carboxylic acids is 3. The largest absolute Gasteiger partial charge is 0.480 e. The molecule has 4 aromatic rings. The molecular formula is C35H26F3N3O8. The van der Waals surface area contributed by atoms with E-state index in [1.165, 1.54) is 85.8 Å². The van der Waals surface area contributed by atoms with Crippen molar-refractivity contribution in [3.8, 4) is 11.5 Å². The third-order valence-electron chi connectivity index (χ3n) is 8.81. The number of nitro benzene ring substituents is 1. The number of halogens is 3. The topological polar surface area (TPSA) is 156 Å². The molecule has 2 aliphatic heterocycles. The first-order valence-corrected chi connectivity index (χ1v) is 14.9. The van der Waals surface area contributed by atoms with Crippen LogP contribution in [-0.2, 0) is 27.0 Å². The Kier molecular flexibility index (Phi) is 8.28. The normalized spacial score (nSPS) is 21.8. The summed E-state index contributed by atoms with van der Waals surface area (Å²) in [5.41, 5.74) is -2.11. The highest BCUT2D eigenvalue weighted by Crippen LogP contribution is 2.51. The van der Waals surface area contributed by atoms with Gasteiger partial charge in [-0.3, -0.25) is 34.6 Å². The number of hydrogen-bond acceptors (Lipinski definition) is 8. The Morgan fingerprint density at radius 3 is 2.16 bits per heavy atom. The number of rotatable bonds is 9. The van der Waals surface area contributed by atoms with Crippen molar-refractivity contribution in [2.75, 3.05) is 4.90 Å². The molecule has 0 aromatic heterocycles. The smallest absolute Gasteiger partial charge is 0.416 e. The Bertz CT molecular complexity index is 2000. The number of carboxylic acid groups (broad SMARTS) is 1. The van der Waals surface area contributed by atoms with Gasteiger partial charge in [-0.1, -0.05) is 30.3 Å². The predicted molar refractivity (Wildman–Crippen MR) is 167 cm³/mol. The molecule has 14 heteroatoms. The minimum absolute atomic E-state index is 0.0896. The van der Waals surface area contributed by atoms with Crippen molar-refractivity contribution >= 4 is 34.9 Å². The van der Waals surface area contributed by atoms with Crippen molar-refractivity contribution < 1.29 is 47.1 Å². The lowest BCUT2D eigenvalue weighted by molar-refractivity contribution is -0.384. The number of ketones is 1. The fourth-order valence-electron chi connectivity index (χ4n) is 6.53. The number of anilines is 1. The van der Waals surface area contributed by atoms with Crippen LogP contribution in [0.25, 0.3) is 0 Å². The number of fused-ring (bicyclic) bond motifs is 1. The second-order valence-electron chi connectivity index (χ2n) is 11.8. The maximum Gasteiger partial charge on any atom is 0.416 e. The Morgan fingerprint density at radius 1 is 0.939 bits per heavy atom. The summed E-state index contributed by atoms with van der Waals surface area (Å²) in [6.45, 7) is 1.35. The number of nitrogens with zero attached hydrogens (tertiary/aromatic N) is 2. The zero-order valence-electron chi connectivity index (χ0n) is 25.5. The van der Waals surface area contributed by atoms with Crippen LogP contribution < -0.4 is 15.0 Å². The first-order chi connectivity index (χ1) is 23.2. The van der Waals surface area contributed by atoms with Gasteiger partial charge >= 0.3 is 12.1 Å². The van der Waals surface area contributed by atoms with Crippen molar-refractivity contribution in [1.82, 2.24) is 5.32 Å². The number of amides is 2. The molecule has 0 aliphatic carbocycles. The summed E-state index contributed by atoms with van der Waals surface area (Å²) < 4.78 is 45.7. The van der Waals surface area contributed by atoms with Crippen LogP contribution in [0.1, 0.15) is 40.0 Å². The van der Waals surface area contributed by atoms with Crippen LogP contribution in [0.15, 0.2) is 97.1 Å². The third-order valence-corrected chi connectivity index (χ3v) is 8.81. The maximum atomic E-state index is 14.2. The first-order valence-electron chi connectivity index (χ1n) is 14.9. The standard InChI is InChI=1S/C35H26F3N3O8/c1-19(42)21-10-14-24(15-11-21)40-31(43)28-29(32(40)44)34(33(45)46,18-20-8-12-25(13-9-20)41(47)48)39-30(28)22-4-2-6-26(16-22)49-27-7-3-5-23(17-27)35(36,37)38/h2-17,28-30,39H,18H2,1H3,(H,45,46). The number of Topliss-reactive ketones (excluding diaryl/α,β-unsaturated/α-hetero) is 1. The molecule has 4 unspecified atom stereocenters. The van der Waals surface area contributed by atoms with E-state index in [1.807, 2.05) is 0 Å². The second kappa shape index (κ2) is 12.3. The summed E-state index contributed by atoms with van der Waals surface area (Å²) in [7, 11) is 0. The number of carbonyl (C=O) groups is 4. The number of imide groups is 1. The van der Waals surface area contributed by atoms with Gasteiger partial charge in [0.25, 0.3) is 5.69 Å². The predicted octanol–water partition coefficient (Wildman–Crippen LogP) is 6.12.